The molecule has 2 rings (SSSR count). The molecule has 18 heavy (non-hydrogen) atoms. The summed E-state index contributed by atoms with van der Waals surface area (Å²) in [6.45, 7) is 7.01. The van der Waals surface area contributed by atoms with Crippen molar-refractivity contribution >= 4 is 0 Å². The Hall–Kier alpha value is -0.930. The van der Waals surface area contributed by atoms with E-state index in [0.717, 1.165) is 43.6 Å². The standard InChI is InChI=1S/C15H22FNO/c1-3-17-8-6-15(18,7-9-17)11-13-10-14(16)5-4-12(13)2/h4-5,10,18H,3,6-9,11H2,1-2H3. The van der Waals surface area contributed by atoms with E-state index in [2.05, 4.69) is 11.8 Å². The topological polar surface area (TPSA) is 23.5 Å². The molecule has 0 unspecified atom stereocenters. The van der Waals surface area contributed by atoms with Gasteiger partial charge in [-0.2, -0.15) is 0 Å². The van der Waals surface area contributed by atoms with Crippen LogP contribution in [0.15, 0.2) is 18.2 Å². The number of aliphatic hydroxyl groups is 1. The normalized spacial score (nSPS) is 20.0. The van der Waals surface area contributed by atoms with Gasteiger partial charge in [0.2, 0.25) is 0 Å². The third-order valence-electron chi connectivity index (χ3n) is 4.06. The van der Waals surface area contributed by atoms with Crippen molar-refractivity contribution in [2.45, 2.75) is 38.7 Å². The number of rotatable bonds is 3. The van der Waals surface area contributed by atoms with Crippen molar-refractivity contribution in [1.82, 2.24) is 4.90 Å². The first-order valence-electron chi connectivity index (χ1n) is 6.72. The predicted molar refractivity (Wildman–Crippen MR) is 71.1 cm³/mol. The monoisotopic (exact) mass is 251 g/mol. The van der Waals surface area contributed by atoms with Crippen molar-refractivity contribution in [2.24, 2.45) is 0 Å². The van der Waals surface area contributed by atoms with E-state index in [0.29, 0.717) is 6.42 Å². The molecule has 0 radical (unpaired) electrons. The summed E-state index contributed by atoms with van der Waals surface area (Å²) < 4.78 is 13.3. The average Bonchev–Trinajstić information content (AvgIpc) is 2.35. The molecule has 0 aliphatic carbocycles. The van der Waals surface area contributed by atoms with Crippen LogP contribution in [0.25, 0.3) is 0 Å². The van der Waals surface area contributed by atoms with E-state index >= 15 is 0 Å². The Morgan fingerprint density at radius 1 is 1.33 bits per heavy atom. The minimum atomic E-state index is -0.662. The molecule has 3 heteroatoms. The van der Waals surface area contributed by atoms with Crippen LogP contribution >= 0.6 is 0 Å². The van der Waals surface area contributed by atoms with Crippen LogP contribution in [0.3, 0.4) is 0 Å². The molecule has 1 saturated heterocycles. The molecule has 1 aliphatic rings. The molecular formula is C15H22FNO. The molecule has 1 aliphatic heterocycles. The van der Waals surface area contributed by atoms with Gasteiger partial charge in [0.25, 0.3) is 0 Å². The van der Waals surface area contributed by atoms with Crippen LogP contribution < -0.4 is 0 Å². The number of nitrogens with zero attached hydrogens (tertiary/aromatic N) is 1. The molecule has 1 heterocycles. The summed E-state index contributed by atoms with van der Waals surface area (Å²) in [5.74, 6) is -0.217. The molecule has 0 bridgehead atoms. The van der Waals surface area contributed by atoms with Crippen LogP contribution in [-0.4, -0.2) is 35.2 Å². The molecule has 2 nitrogen and oxygen atoms in total. The largest absolute Gasteiger partial charge is 0.389 e. The summed E-state index contributed by atoms with van der Waals surface area (Å²) in [6.07, 6.45) is 2.11. The van der Waals surface area contributed by atoms with Gasteiger partial charge in [0.1, 0.15) is 5.82 Å². The summed E-state index contributed by atoms with van der Waals surface area (Å²) in [5, 5.41) is 10.6. The first-order chi connectivity index (χ1) is 8.52. The molecule has 1 fully saturated rings. The molecule has 0 atom stereocenters. The van der Waals surface area contributed by atoms with Crippen molar-refractivity contribution in [3.05, 3.63) is 35.1 Å². The van der Waals surface area contributed by atoms with E-state index in [1.807, 2.05) is 6.92 Å². The van der Waals surface area contributed by atoms with Crippen LogP contribution in [0.5, 0.6) is 0 Å². The Bertz CT molecular complexity index is 411. The van der Waals surface area contributed by atoms with Crippen molar-refractivity contribution in [2.75, 3.05) is 19.6 Å². The highest BCUT2D eigenvalue weighted by Crippen LogP contribution is 2.27. The fourth-order valence-corrected chi connectivity index (χ4v) is 2.65. The highest BCUT2D eigenvalue weighted by Gasteiger charge is 2.32. The Balaban J connectivity index is 2.06. The van der Waals surface area contributed by atoms with Gasteiger partial charge in [-0.1, -0.05) is 13.0 Å². The first-order valence-corrected chi connectivity index (χ1v) is 6.72. The van der Waals surface area contributed by atoms with Gasteiger partial charge >= 0.3 is 0 Å². The van der Waals surface area contributed by atoms with E-state index in [9.17, 15) is 9.50 Å². The second kappa shape index (κ2) is 5.37. The molecule has 1 aromatic carbocycles. The van der Waals surface area contributed by atoms with E-state index in [1.165, 1.54) is 6.07 Å². The lowest BCUT2D eigenvalue weighted by Crippen LogP contribution is -2.45. The number of benzene rings is 1. The Labute approximate surface area is 108 Å². The average molecular weight is 251 g/mol. The van der Waals surface area contributed by atoms with Gasteiger partial charge in [0.15, 0.2) is 0 Å². The predicted octanol–water partition coefficient (Wildman–Crippen LogP) is 2.52. The van der Waals surface area contributed by atoms with Gasteiger partial charge in [-0.15, -0.1) is 0 Å². The number of aryl methyl sites for hydroxylation is 1. The van der Waals surface area contributed by atoms with E-state index in [4.69, 9.17) is 0 Å². The van der Waals surface area contributed by atoms with Crippen LogP contribution in [0, 0.1) is 12.7 Å². The highest BCUT2D eigenvalue weighted by molar-refractivity contribution is 5.28. The van der Waals surface area contributed by atoms with E-state index in [1.54, 1.807) is 12.1 Å². The van der Waals surface area contributed by atoms with Gasteiger partial charge in [-0.25, -0.2) is 4.39 Å². The van der Waals surface area contributed by atoms with Crippen LogP contribution in [0.4, 0.5) is 4.39 Å². The molecule has 1 aromatic rings. The van der Waals surface area contributed by atoms with Gasteiger partial charge in [0, 0.05) is 19.5 Å². The number of hydrogen-bond donors (Lipinski definition) is 1. The number of likely N-dealkylation sites (tertiary alicyclic amines) is 1. The molecule has 100 valence electrons. The van der Waals surface area contributed by atoms with Crippen molar-refractivity contribution < 1.29 is 9.50 Å². The van der Waals surface area contributed by atoms with Gasteiger partial charge in [-0.05, 0) is 49.6 Å². The lowest BCUT2D eigenvalue weighted by Gasteiger charge is -2.38. The third kappa shape index (κ3) is 3.09. The zero-order valence-corrected chi connectivity index (χ0v) is 11.2. The molecule has 0 spiro atoms. The third-order valence-corrected chi connectivity index (χ3v) is 4.06. The van der Waals surface area contributed by atoms with E-state index < -0.39 is 5.60 Å². The number of hydrogen-bond acceptors (Lipinski definition) is 2. The zero-order chi connectivity index (χ0) is 13.2. The molecule has 0 aromatic heterocycles. The molecule has 1 N–H and O–H groups in total. The van der Waals surface area contributed by atoms with Gasteiger partial charge in [0.05, 0.1) is 5.60 Å². The second-order valence-corrected chi connectivity index (χ2v) is 5.41. The fourth-order valence-electron chi connectivity index (χ4n) is 2.65. The minimum Gasteiger partial charge on any atom is -0.389 e. The summed E-state index contributed by atoms with van der Waals surface area (Å²) >= 11 is 0. The maximum atomic E-state index is 13.3. The van der Waals surface area contributed by atoms with Crippen molar-refractivity contribution in [3.63, 3.8) is 0 Å². The quantitative estimate of drug-likeness (QED) is 0.892. The molecule has 0 saturated carbocycles. The van der Waals surface area contributed by atoms with Gasteiger partial charge in [-0.3, -0.25) is 0 Å². The van der Waals surface area contributed by atoms with Crippen LogP contribution in [0.1, 0.15) is 30.9 Å². The molecular weight excluding hydrogens is 229 g/mol. The summed E-state index contributed by atoms with van der Waals surface area (Å²) in [7, 11) is 0. The van der Waals surface area contributed by atoms with Crippen LogP contribution in [-0.2, 0) is 6.42 Å². The smallest absolute Gasteiger partial charge is 0.123 e. The summed E-state index contributed by atoms with van der Waals surface area (Å²) in [6, 6.07) is 4.82. The zero-order valence-electron chi connectivity index (χ0n) is 11.2. The summed E-state index contributed by atoms with van der Waals surface area (Å²) in [4.78, 5) is 2.34. The Kier molecular flexibility index (Phi) is 4.03. The van der Waals surface area contributed by atoms with Crippen molar-refractivity contribution in [1.29, 1.82) is 0 Å². The first kappa shape index (κ1) is 13.5. The van der Waals surface area contributed by atoms with Crippen molar-refractivity contribution in [3.8, 4) is 0 Å². The lowest BCUT2D eigenvalue weighted by molar-refractivity contribution is -0.0195. The SMILES string of the molecule is CCN1CCC(O)(Cc2cc(F)ccc2C)CC1. The maximum absolute atomic E-state index is 13.3. The van der Waals surface area contributed by atoms with Gasteiger partial charge < -0.3 is 10.0 Å². The van der Waals surface area contributed by atoms with Crippen LogP contribution in [0.2, 0.25) is 0 Å². The second-order valence-electron chi connectivity index (χ2n) is 5.41. The maximum Gasteiger partial charge on any atom is 0.123 e. The summed E-state index contributed by atoms with van der Waals surface area (Å²) in [5.41, 5.74) is 1.33. The lowest BCUT2D eigenvalue weighted by atomic mass is 9.84. The van der Waals surface area contributed by atoms with E-state index in [-0.39, 0.29) is 5.82 Å². The Morgan fingerprint density at radius 2 is 2.00 bits per heavy atom. The fraction of sp³-hybridized carbons (Fsp3) is 0.600. The number of piperidine rings is 1. The highest BCUT2D eigenvalue weighted by atomic mass is 19.1. The Morgan fingerprint density at radius 3 is 2.61 bits per heavy atom. The minimum absolute atomic E-state index is 0.217. The molecule has 0 amide bonds. The number of halogens is 1.